The Balaban J connectivity index is 2.38. The standard InChI is InChI=1S/C11H11F2NO2S/c1-16-10-9(14(17-2)11(10)15)6-4-3-5-7(12)8(6)13/h3-5,9-10H,1-2H3. The van der Waals surface area contributed by atoms with Gasteiger partial charge in [-0.15, -0.1) is 0 Å². The number of ether oxygens (including phenoxy) is 1. The summed E-state index contributed by atoms with van der Waals surface area (Å²) in [6.07, 6.45) is 0.965. The number of benzene rings is 1. The molecule has 0 aromatic heterocycles. The van der Waals surface area contributed by atoms with Crippen LogP contribution in [0.1, 0.15) is 11.6 Å². The fourth-order valence-electron chi connectivity index (χ4n) is 1.91. The van der Waals surface area contributed by atoms with Crippen molar-refractivity contribution >= 4 is 17.9 Å². The second-order valence-corrected chi connectivity index (χ2v) is 4.35. The highest BCUT2D eigenvalue weighted by Gasteiger charge is 2.49. The Bertz CT molecular complexity index is 441. The molecule has 92 valence electrons. The highest BCUT2D eigenvalue weighted by Crippen LogP contribution is 2.41. The quantitative estimate of drug-likeness (QED) is 0.615. The summed E-state index contributed by atoms with van der Waals surface area (Å²) in [6.45, 7) is 0. The lowest BCUT2D eigenvalue weighted by Crippen LogP contribution is -2.56. The van der Waals surface area contributed by atoms with Crippen LogP contribution in [0, 0.1) is 11.6 Å². The Morgan fingerprint density at radius 2 is 2.12 bits per heavy atom. The largest absolute Gasteiger partial charge is 0.369 e. The number of nitrogens with zero attached hydrogens (tertiary/aromatic N) is 1. The van der Waals surface area contributed by atoms with E-state index in [0.717, 1.165) is 6.07 Å². The van der Waals surface area contributed by atoms with Crippen molar-refractivity contribution in [1.29, 1.82) is 0 Å². The van der Waals surface area contributed by atoms with E-state index in [1.165, 1.54) is 35.5 Å². The van der Waals surface area contributed by atoms with Crippen LogP contribution in [0.2, 0.25) is 0 Å². The van der Waals surface area contributed by atoms with Gasteiger partial charge in [-0.2, -0.15) is 0 Å². The first-order valence-electron chi connectivity index (χ1n) is 4.95. The Morgan fingerprint density at radius 1 is 1.41 bits per heavy atom. The van der Waals surface area contributed by atoms with E-state index in [4.69, 9.17) is 4.74 Å². The van der Waals surface area contributed by atoms with E-state index in [2.05, 4.69) is 0 Å². The topological polar surface area (TPSA) is 29.5 Å². The van der Waals surface area contributed by atoms with Crippen LogP contribution in [0.3, 0.4) is 0 Å². The number of β-lactam (4-membered cyclic amide) rings is 1. The maximum atomic E-state index is 13.6. The van der Waals surface area contributed by atoms with Gasteiger partial charge in [-0.1, -0.05) is 24.1 Å². The normalized spacial score (nSPS) is 23.8. The molecule has 1 heterocycles. The van der Waals surface area contributed by atoms with Crippen LogP contribution >= 0.6 is 11.9 Å². The van der Waals surface area contributed by atoms with Crippen LogP contribution in [0.5, 0.6) is 0 Å². The average molecular weight is 259 g/mol. The summed E-state index contributed by atoms with van der Waals surface area (Å²) in [5.74, 6) is -2.07. The fourth-order valence-corrected chi connectivity index (χ4v) is 2.65. The van der Waals surface area contributed by atoms with Crippen LogP contribution in [-0.4, -0.2) is 29.7 Å². The zero-order valence-electron chi connectivity index (χ0n) is 9.31. The first-order chi connectivity index (χ1) is 8.11. The second kappa shape index (κ2) is 4.62. The predicted octanol–water partition coefficient (Wildman–Crippen LogP) is 2.14. The second-order valence-electron chi connectivity index (χ2n) is 3.59. The van der Waals surface area contributed by atoms with E-state index < -0.39 is 23.8 Å². The van der Waals surface area contributed by atoms with Gasteiger partial charge in [-0.3, -0.25) is 9.10 Å². The monoisotopic (exact) mass is 259 g/mol. The number of methoxy groups -OCH3 is 1. The molecule has 1 aromatic rings. The molecule has 0 radical (unpaired) electrons. The van der Waals surface area contributed by atoms with Crippen molar-refractivity contribution in [1.82, 2.24) is 4.31 Å². The van der Waals surface area contributed by atoms with Gasteiger partial charge in [0.05, 0.1) is 0 Å². The minimum atomic E-state index is -0.925. The van der Waals surface area contributed by atoms with Crippen LogP contribution < -0.4 is 0 Å². The number of hydrogen-bond donors (Lipinski definition) is 0. The molecule has 2 rings (SSSR count). The van der Waals surface area contributed by atoms with E-state index in [1.54, 1.807) is 6.26 Å². The smallest absolute Gasteiger partial charge is 0.264 e. The van der Waals surface area contributed by atoms with Crippen LogP contribution in [0.25, 0.3) is 0 Å². The first kappa shape index (κ1) is 12.3. The molecule has 1 amide bonds. The van der Waals surface area contributed by atoms with E-state index in [1.807, 2.05) is 0 Å². The van der Waals surface area contributed by atoms with Crippen molar-refractivity contribution in [3.05, 3.63) is 35.4 Å². The van der Waals surface area contributed by atoms with Gasteiger partial charge < -0.3 is 4.74 Å². The maximum absolute atomic E-state index is 13.6. The molecule has 1 saturated heterocycles. The summed E-state index contributed by atoms with van der Waals surface area (Å²) in [5.41, 5.74) is 0.144. The molecular weight excluding hydrogens is 248 g/mol. The van der Waals surface area contributed by atoms with Crippen molar-refractivity contribution in [2.45, 2.75) is 12.1 Å². The van der Waals surface area contributed by atoms with E-state index in [-0.39, 0.29) is 11.5 Å². The van der Waals surface area contributed by atoms with Crippen molar-refractivity contribution in [3.8, 4) is 0 Å². The van der Waals surface area contributed by atoms with Gasteiger partial charge in [0.25, 0.3) is 5.91 Å². The van der Waals surface area contributed by atoms with Gasteiger partial charge >= 0.3 is 0 Å². The van der Waals surface area contributed by atoms with Crippen molar-refractivity contribution < 1.29 is 18.3 Å². The number of carbonyl (C=O) groups excluding carboxylic acids is 1. The molecule has 6 heteroatoms. The molecule has 1 aliphatic rings. The zero-order chi connectivity index (χ0) is 12.6. The Morgan fingerprint density at radius 3 is 2.71 bits per heavy atom. The summed E-state index contributed by atoms with van der Waals surface area (Å²) >= 11 is 1.17. The van der Waals surface area contributed by atoms with Gasteiger partial charge in [0.2, 0.25) is 0 Å². The molecule has 1 aliphatic heterocycles. The highest BCUT2D eigenvalue weighted by molar-refractivity contribution is 7.96. The van der Waals surface area contributed by atoms with Gasteiger partial charge in [-0.05, 0) is 6.07 Å². The lowest BCUT2D eigenvalue weighted by Gasteiger charge is -2.44. The molecule has 1 aromatic carbocycles. The predicted molar refractivity (Wildman–Crippen MR) is 60.3 cm³/mol. The summed E-state index contributed by atoms with van der Waals surface area (Å²) in [7, 11) is 1.38. The molecule has 2 unspecified atom stereocenters. The minimum Gasteiger partial charge on any atom is -0.369 e. The van der Waals surface area contributed by atoms with E-state index >= 15 is 0 Å². The molecule has 2 atom stereocenters. The van der Waals surface area contributed by atoms with Gasteiger partial charge in [0.15, 0.2) is 17.7 Å². The zero-order valence-corrected chi connectivity index (χ0v) is 10.1. The molecule has 0 bridgehead atoms. The van der Waals surface area contributed by atoms with Crippen molar-refractivity contribution in [3.63, 3.8) is 0 Å². The summed E-state index contributed by atoms with van der Waals surface area (Å²) in [5, 5.41) is 0. The maximum Gasteiger partial charge on any atom is 0.264 e. The van der Waals surface area contributed by atoms with E-state index in [0.29, 0.717) is 0 Å². The summed E-state index contributed by atoms with van der Waals surface area (Å²) in [6, 6.07) is 3.36. The van der Waals surface area contributed by atoms with Gasteiger partial charge in [0, 0.05) is 18.9 Å². The van der Waals surface area contributed by atoms with E-state index in [9.17, 15) is 13.6 Å². The molecule has 0 saturated carbocycles. The van der Waals surface area contributed by atoms with Crippen molar-refractivity contribution in [2.75, 3.05) is 13.4 Å². The number of halogens is 2. The van der Waals surface area contributed by atoms with Gasteiger partial charge in [0.1, 0.15) is 6.04 Å². The number of rotatable bonds is 3. The van der Waals surface area contributed by atoms with Crippen molar-refractivity contribution in [2.24, 2.45) is 0 Å². The number of carbonyl (C=O) groups is 1. The summed E-state index contributed by atoms with van der Waals surface area (Å²) in [4.78, 5) is 11.6. The third-order valence-electron chi connectivity index (χ3n) is 2.75. The Labute approximate surface area is 102 Å². The Kier molecular flexibility index (Phi) is 3.35. The average Bonchev–Trinajstić information content (AvgIpc) is 2.31. The lowest BCUT2D eigenvalue weighted by molar-refractivity contribution is -0.158. The lowest BCUT2D eigenvalue weighted by atomic mass is 9.93. The first-order valence-corrected chi connectivity index (χ1v) is 6.14. The van der Waals surface area contributed by atoms with Crippen LogP contribution in [0.4, 0.5) is 8.78 Å². The van der Waals surface area contributed by atoms with Crippen LogP contribution in [0.15, 0.2) is 18.2 Å². The minimum absolute atomic E-state index is 0.144. The fraction of sp³-hybridized carbons (Fsp3) is 0.364. The van der Waals surface area contributed by atoms with Crippen LogP contribution in [-0.2, 0) is 9.53 Å². The third kappa shape index (κ3) is 1.81. The third-order valence-corrected chi connectivity index (χ3v) is 3.55. The summed E-state index contributed by atoms with van der Waals surface area (Å²) < 4.78 is 33.2. The Hall–Kier alpha value is -1.14. The molecule has 0 aliphatic carbocycles. The molecule has 0 N–H and O–H groups in total. The number of amides is 1. The molecule has 1 fully saturated rings. The number of hydrogen-bond acceptors (Lipinski definition) is 3. The SMILES string of the molecule is COC1C(=O)N(SC)C1c1cccc(F)c1F. The molecule has 17 heavy (non-hydrogen) atoms. The molecule has 0 spiro atoms. The molecule has 3 nitrogen and oxygen atoms in total. The van der Waals surface area contributed by atoms with Gasteiger partial charge in [-0.25, -0.2) is 8.78 Å². The highest BCUT2D eigenvalue weighted by atomic mass is 32.2. The molecular formula is C11H11F2NO2S.